The molecule has 1 unspecified atom stereocenters. The van der Waals surface area contributed by atoms with Gasteiger partial charge in [-0.25, -0.2) is 4.79 Å². The number of hydrogen-bond donors (Lipinski definition) is 1. The number of thiophene rings is 1. The van der Waals surface area contributed by atoms with E-state index >= 15 is 0 Å². The summed E-state index contributed by atoms with van der Waals surface area (Å²) in [6.45, 7) is 6.05. The maximum atomic E-state index is 11.8. The molecular formula is C14H20BrNO3S. The predicted molar refractivity (Wildman–Crippen MR) is 83.4 cm³/mol. The zero-order valence-corrected chi connectivity index (χ0v) is 14.3. The van der Waals surface area contributed by atoms with E-state index in [1.165, 1.54) is 11.3 Å². The number of amides is 1. The van der Waals surface area contributed by atoms with Crippen LogP contribution in [0.1, 0.15) is 33.6 Å². The second kappa shape index (κ2) is 6.35. The zero-order valence-electron chi connectivity index (χ0n) is 11.9. The van der Waals surface area contributed by atoms with Crippen molar-refractivity contribution in [1.29, 1.82) is 0 Å². The standard InChI is InChI=1S/C14H20BrNO3S/c1-14(2,3)19-13(17)16-11(9-4-5-9)8-18-12-10(15)6-7-20-12/h6-7,9,11H,4-5,8H2,1-3H3,(H,16,17). The third-order valence-corrected chi connectivity index (χ3v) is 4.58. The molecule has 20 heavy (non-hydrogen) atoms. The van der Waals surface area contributed by atoms with Gasteiger partial charge in [0.1, 0.15) is 12.2 Å². The highest BCUT2D eigenvalue weighted by atomic mass is 79.9. The molecule has 0 radical (unpaired) electrons. The Kier molecular flexibility index (Phi) is 4.96. The molecule has 0 spiro atoms. The molecule has 1 aliphatic rings. The first kappa shape index (κ1) is 15.6. The number of rotatable bonds is 5. The predicted octanol–water partition coefficient (Wildman–Crippen LogP) is 4.19. The summed E-state index contributed by atoms with van der Waals surface area (Å²) in [4.78, 5) is 11.8. The molecule has 1 atom stereocenters. The summed E-state index contributed by atoms with van der Waals surface area (Å²) in [6.07, 6.45) is 1.90. The van der Waals surface area contributed by atoms with E-state index < -0.39 is 5.60 Å². The second-order valence-electron chi connectivity index (χ2n) is 5.96. The van der Waals surface area contributed by atoms with Crippen LogP contribution in [-0.2, 0) is 4.74 Å². The van der Waals surface area contributed by atoms with E-state index in [9.17, 15) is 4.79 Å². The van der Waals surface area contributed by atoms with Gasteiger partial charge in [0, 0.05) is 0 Å². The number of nitrogens with one attached hydrogen (secondary N) is 1. The summed E-state index contributed by atoms with van der Waals surface area (Å²) in [5, 5.41) is 5.73. The fraction of sp³-hybridized carbons (Fsp3) is 0.643. The Bertz CT molecular complexity index is 465. The topological polar surface area (TPSA) is 47.6 Å². The molecule has 1 aliphatic carbocycles. The maximum absolute atomic E-state index is 11.8. The van der Waals surface area contributed by atoms with Crippen LogP contribution in [0.5, 0.6) is 5.06 Å². The SMILES string of the molecule is CC(C)(C)OC(=O)NC(COc1sccc1Br)C1CC1. The molecule has 0 aliphatic heterocycles. The van der Waals surface area contributed by atoms with Gasteiger partial charge in [-0.05, 0) is 66.9 Å². The van der Waals surface area contributed by atoms with Crippen molar-refractivity contribution in [3.05, 3.63) is 15.9 Å². The van der Waals surface area contributed by atoms with E-state index in [0.717, 1.165) is 22.4 Å². The van der Waals surface area contributed by atoms with Gasteiger partial charge in [-0.15, -0.1) is 11.3 Å². The minimum Gasteiger partial charge on any atom is -0.481 e. The molecule has 1 saturated carbocycles. The van der Waals surface area contributed by atoms with Gasteiger partial charge in [0.15, 0.2) is 5.06 Å². The van der Waals surface area contributed by atoms with Crippen molar-refractivity contribution in [2.24, 2.45) is 5.92 Å². The number of alkyl carbamates (subject to hydrolysis) is 1. The van der Waals surface area contributed by atoms with Crippen molar-refractivity contribution in [2.45, 2.75) is 45.3 Å². The lowest BCUT2D eigenvalue weighted by molar-refractivity contribution is 0.0480. The molecule has 1 fully saturated rings. The fourth-order valence-corrected chi connectivity index (χ4v) is 3.15. The van der Waals surface area contributed by atoms with E-state index in [2.05, 4.69) is 21.2 Å². The van der Waals surface area contributed by atoms with Gasteiger partial charge >= 0.3 is 6.09 Å². The number of hydrogen-bond acceptors (Lipinski definition) is 4. The van der Waals surface area contributed by atoms with Gasteiger partial charge in [-0.2, -0.15) is 0 Å². The summed E-state index contributed by atoms with van der Waals surface area (Å²) in [6, 6.07) is 1.96. The average molecular weight is 362 g/mol. The van der Waals surface area contributed by atoms with E-state index in [1.54, 1.807) is 0 Å². The number of carbonyl (C=O) groups is 1. The van der Waals surface area contributed by atoms with Crippen LogP contribution in [0.3, 0.4) is 0 Å². The lowest BCUT2D eigenvalue weighted by Gasteiger charge is -2.23. The molecule has 1 aromatic heterocycles. The molecule has 1 aromatic rings. The van der Waals surface area contributed by atoms with E-state index in [1.807, 2.05) is 32.2 Å². The van der Waals surface area contributed by atoms with Gasteiger partial charge in [0.05, 0.1) is 10.5 Å². The second-order valence-corrected chi connectivity index (χ2v) is 7.69. The van der Waals surface area contributed by atoms with Crippen LogP contribution in [0.25, 0.3) is 0 Å². The van der Waals surface area contributed by atoms with Crippen LogP contribution in [0, 0.1) is 5.92 Å². The molecule has 2 rings (SSSR count). The van der Waals surface area contributed by atoms with Gasteiger partial charge in [0.25, 0.3) is 0 Å². The van der Waals surface area contributed by atoms with Crippen molar-refractivity contribution in [1.82, 2.24) is 5.32 Å². The number of halogens is 1. The molecule has 112 valence electrons. The van der Waals surface area contributed by atoms with Crippen LogP contribution >= 0.6 is 27.3 Å². The largest absolute Gasteiger partial charge is 0.481 e. The Morgan fingerprint density at radius 2 is 2.25 bits per heavy atom. The lowest BCUT2D eigenvalue weighted by Crippen LogP contribution is -2.43. The fourth-order valence-electron chi connectivity index (χ4n) is 1.80. The summed E-state index contributed by atoms with van der Waals surface area (Å²) in [5.41, 5.74) is -0.476. The van der Waals surface area contributed by atoms with Crippen molar-refractivity contribution in [3.8, 4) is 5.06 Å². The Hall–Kier alpha value is -0.750. The first-order chi connectivity index (χ1) is 9.35. The minimum atomic E-state index is -0.476. The molecule has 6 heteroatoms. The molecular weight excluding hydrogens is 342 g/mol. The number of ether oxygens (including phenoxy) is 2. The first-order valence-corrected chi connectivity index (χ1v) is 8.38. The maximum Gasteiger partial charge on any atom is 0.408 e. The molecule has 0 saturated heterocycles. The van der Waals surface area contributed by atoms with Crippen molar-refractivity contribution >= 4 is 33.4 Å². The third-order valence-electron chi connectivity index (χ3n) is 2.87. The molecule has 1 N–H and O–H groups in total. The van der Waals surface area contributed by atoms with E-state index in [0.29, 0.717) is 12.5 Å². The van der Waals surface area contributed by atoms with E-state index in [4.69, 9.17) is 9.47 Å². The highest BCUT2D eigenvalue weighted by Gasteiger charge is 2.34. The van der Waals surface area contributed by atoms with E-state index in [-0.39, 0.29) is 12.1 Å². The highest BCUT2D eigenvalue weighted by Crippen LogP contribution is 2.35. The molecule has 4 nitrogen and oxygen atoms in total. The normalized spacial score (nSPS) is 16.6. The smallest absolute Gasteiger partial charge is 0.408 e. The quantitative estimate of drug-likeness (QED) is 0.854. The summed E-state index contributed by atoms with van der Waals surface area (Å²) in [5.74, 6) is 0.501. The van der Waals surface area contributed by atoms with Gasteiger partial charge in [-0.3, -0.25) is 0 Å². The van der Waals surface area contributed by atoms with Crippen LogP contribution < -0.4 is 10.1 Å². The summed E-state index contributed by atoms with van der Waals surface area (Å²) < 4.78 is 12.0. The van der Waals surface area contributed by atoms with Gasteiger partial charge in [-0.1, -0.05) is 0 Å². The number of carbonyl (C=O) groups excluding carboxylic acids is 1. The highest BCUT2D eigenvalue weighted by molar-refractivity contribution is 9.10. The Labute approximate surface area is 132 Å². The van der Waals surface area contributed by atoms with Crippen LogP contribution in [0.2, 0.25) is 0 Å². The molecule has 0 bridgehead atoms. The molecule has 1 heterocycles. The third kappa shape index (κ3) is 4.98. The Morgan fingerprint density at radius 3 is 2.75 bits per heavy atom. The molecule has 1 amide bonds. The van der Waals surface area contributed by atoms with Crippen molar-refractivity contribution in [2.75, 3.05) is 6.61 Å². The van der Waals surface area contributed by atoms with Crippen molar-refractivity contribution < 1.29 is 14.3 Å². The first-order valence-electron chi connectivity index (χ1n) is 6.70. The minimum absolute atomic E-state index is 0.0128. The van der Waals surface area contributed by atoms with Crippen LogP contribution in [-0.4, -0.2) is 24.3 Å². The lowest BCUT2D eigenvalue weighted by atomic mass is 10.2. The zero-order chi connectivity index (χ0) is 14.8. The van der Waals surface area contributed by atoms with Gasteiger partial charge < -0.3 is 14.8 Å². The van der Waals surface area contributed by atoms with Gasteiger partial charge in [0.2, 0.25) is 0 Å². The summed E-state index contributed by atoms with van der Waals surface area (Å²) in [7, 11) is 0. The monoisotopic (exact) mass is 361 g/mol. The average Bonchev–Trinajstić information content (AvgIpc) is 3.06. The summed E-state index contributed by atoms with van der Waals surface area (Å²) >= 11 is 4.97. The Balaban J connectivity index is 1.85. The Morgan fingerprint density at radius 1 is 1.55 bits per heavy atom. The van der Waals surface area contributed by atoms with Crippen molar-refractivity contribution in [3.63, 3.8) is 0 Å². The van der Waals surface area contributed by atoms with Crippen LogP contribution in [0.4, 0.5) is 4.79 Å². The van der Waals surface area contributed by atoms with Crippen LogP contribution in [0.15, 0.2) is 15.9 Å². The molecule has 0 aromatic carbocycles.